The van der Waals surface area contributed by atoms with E-state index in [0.29, 0.717) is 11.7 Å². The van der Waals surface area contributed by atoms with Crippen molar-refractivity contribution < 1.29 is 9.47 Å². The quantitative estimate of drug-likeness (QED) is 0.443. The molecular formula is C25H26N6O2. The smallest absolute Gasteiger partial charge is 0.238 e. The molecule has 1 aliphatic heterocycles. The number of methoxy groups -OCH3 is 2. The maximum Gasteiger partial charge on any atom is 0.238 e. The Balaban J connectivity index is 1.39. The Kier molecular flexibility index (Phi) is 5.64. The van der Waals surface area contributed by atoms with Crippen molar-refractivity contribution in [2.24, 2.45) is 0 Å². The van der Waals surface area contributed by atoms with Gasteiger partial charge in [0.2, 0.25) is 5.88 Å². The molecule has 0 spiro atoms. The monoisotopic (exact) mass is 442 g/mol. The summed E-state index contributed by atoms with van der Waals surface area (Å²) in [6.45, 7) is 2.83. The number of rotatable bonds is 6. The van der Waals surface area contributed by atoms with Crippen LogP contribution in [0.3, 0.4) is 0 Å². The van der Waals surface area contributed by atoms with E-state index >= 15 is 0 Å². The second-order valence-electron chi connectivity index (χ2n) is 8.04. The van der Waals surface area contributed by atoms with Crippen molar-refractivity contribution in [2.45, 2.75) is 32.2 Å². The van der Waals surface area contributed by atoms with Crippen LogP contribution in [0.5, 0.6) is 11.6 Å². The van der Waals surface area contributed by atoms with Crippen molar-refractivity contribution in [3.05, 3.63) is 77.5 Å². The predicted octanol–water partition coefficient (Wildman–Crippen LogP) is 4.28. The van der Waals surface area contributed by atoms with Gasteiger partial charge in [-0.25, -0.2) is 19.6 Å². The molecule has 0 fully saturated rings. The third-order valence-corrected chi connectivity index (χ3v) is 5.86. The van der Waals surface area contributed by atoms with Gasteiger partial charge >= 0.3 is 0 Å². The minimum absolute atomic E-state index is 0.232. The van der Waals surface area contributed by atoms with Crippen molar-refractivity contribution in [1.82, 2.24) is 29.3 Å². The van der Waals surface area contributed by atoms with Crippen molar-refractivity contribution in [3.63, 3.8) is 0 Å². The number of nitrogens with zero attached hydrogens (tertiary/aromatic N) is 6. The molecule has 0 saturated carbocycles. The number of imidazole rings is 1. The fraction of sp³-hybridized carbons (Fsp3) is 0.280. The molecule has 8 heteroatoms. The number of fused-ring (bicyclic) bond motifs is 1. The molecule has 0 radical (unpaired) electrons. The summed E-state index contributed by atoms with van der Waals surface area (Å²) in [5, 5.41) is 4.71. The van der Waals surface area contributed by atoms with E-state index in [9.17, 15) is 0 Å². The highest BCUT2D eigenvalue weighted by molar-refractivity contribution is 5.65. The van der Waals surface area contributed by atoms with Crippen LogP contribution in [0.2, 0.25) is 0 Å². The number of benzene rings is 1. The van der Waals surface area contributed by atoms with E-state index in [-0.39, 0.29) is 5.92 Å². The Bertz CT molecular complexity index is 1290. The van der Waals surface area contributed by atoms with Crippen LogP contribution in [0.1, 0.15) is 47.4 Å². The average molecular weight is 443 g/mol. The molecule has 1 aliphatic rings. The van der Waals surface area contributed by atoms with Gasteiger partial charge in [-0.3, -0.25) is 0 Å². The molecule has 4 heterocycles. The summed E-state index contributed by atoms with van der Waals surface area (Å²) < 4.78 is 14.7. The fourth-order valence-corrected chi connectivity index (χ4v) is 4.19. The van der Waals surface area contributed by atoms with Gasteiger partial charge in [0.25, 0.3) is 0 Å². The Labute approximate surface area is 192 Å². The molecular weight excluding hydrogens is 416 g/mol. The maximum absolute atomic E-state index is 5.51. The number of pyridine rings is 1. The summed E-state index contributed by atoms with van der Waals surface area (Å²) in [5.74, 6) is 3.31. The lowest BCUT2D eigenvalue weighted by atomic mass is 9.91. The third-order valence-electron chi connectivity index (χ3n) is 5.86. The van der Waals surface area contributed by atoms with E-state index < -0.39 is 0 Å². The van der Waals surface area contributed by atoms with Crippen LogP contribution in [0, 0.1) is 6.92 Å². The van der Waals surface area contributed by atoms with E-state index in [0.717, 1.165) is 48.0 Å². The first-order chi connectivity index (χ1) is 16.1. The first-order valence-electron chi connectivity index (χ1n) is 11.0. The molecule has 8 nitrogen and oxygen atoms in total. The highest BCUT2D eigenvalue weighted by Crippen LogP contribution is 2.33. The normalized spacial score (nSPS) is 15.5. The molecule has 4 aromatic rings. The molecule has 3 aromatic heterocycles. The van der Waals surface area contributed by atoms with E-state index in [1.807, 2.05) is 58.8 Å². The van der Waals surface area contributed by atoms with E-state index in [2.05, 4.69) is 22.1 Å². The van der Waals surface area contributed by atoms with Crippen LogP contribution in [-0.2, 0) is 6.54 Å². The standard InChI is InChI=1S/C25H26N6O2/c1-17-15-30(16-26-17)22-12-8-19(27-25(22)33-3)9-13-23-28-24-21(5-4-14-31(24)29-23)18-6-10-20(32-2)11-7-18/h6-13,15-16,21H,4-5,14H2,1-3H3/b13-9+/t21-/m1/s1. The molecule has 1 aromatic carbocycles. The summed E-state index contributed by atoms with van der Waals surface area (Å²) in [5.41, 5.74) is 3.78. The molecule has 0 aliphatic carbocycles. The zero-order valence-electron chi connectivity index (χ0n) is 19.0. The zero-order chi connectivity index (χ0) is 22.8. The fourth-order valence-electron chi connectivity index (χ4n) is 4.19. The van der Waals surface area contributed by atoms with Gasteiger partial charge < -0.3 is 14.0 Å². The number of hydrogen-bond acceptors (Lipinski definition) is 6. The van der Waals surface area contributed by atoms with Crippen LogP contribution < -0.4 is 9.47 Å². The van der Waals surface area contributed by atoms with E-state index in [4.69, 9.17) is 19.6 Å². The first kappa shape index (κ1) is 20.9. The minimum Gasteiger partial charge on any atom is -0.497 e. The van der Waals surface area contributed by atoms with Crippen LogP contribution in [0.4, 0.5) is 0 Å². The van der Waals surface area contributed by atoms with Gasteiger partial charge in [0.1, 0.15) is 17.3 Å². The van der Waals surface area contributed by atoms with Crippen LogP contribution in [0.25, 0.3) is 17.8 Å². The largest absolute Gasteiger partial charge is 0.497 e. The molecule has 33 heavy (non-hydrogen) atoms. The highest BCUT2D eigenvalue weighted by Gasteiger charge is 2.25. The van der Waals surface area contributed by atoms with Crippen molar-refractivity contribution in [3.8, 4) is 17.3 Å². The van der Waals surface area contributed by atoms with Crippen molar-refractivity contribution in [1.29, 1.82) is 0 Å². The maximum atomic E-state index is 5.51. The van der Waals surface area contributed by atoms with Crippen molar-refractivity contribution in [2.75, 3.05) is 14.2 Å². The molecule has 5 rings (SSSR count). The summed E-state index contributed by atoms with van der Waals surface area (Å²) in [6, 6.07) is 12.1. The molecule has 168 valence electrons. The lowest BCUT2D eigenvalue weighted by Gasteiger charge is -2.22. The highest BCUT2D eigenvalue weighted by atomic mass is 16.5. The molecule has 1 atom stereocenters. The summed E-state index contributed by atoms with van der Waals surface area (Å²) in [4.78, 5) is 13.7. The van der Waals surface area contributed by atoms with Gasteiger partial charge in [-0.2, -0.15) is 5.10 Å². The summed E-state index contributed by atoms with van der Waals surface area (Å²) in [6.07, 6.45) is 9.64. The Hall–Kier alpha value is -3.94. The Morgan fingerprint density at radius 2 is 1.85 bits per heavy atom. The van der Waals surface area contributed by atoms with Gasteiger partial charge in [-0.05, 0) is 61.7 Å². The average Bonchev–Trinajstić information content (AvgIpc) is 3.48. The molecule has 0 unspecified atom stereocenters. The Morgan fingerprint density at radius 1 is 1.00 bits per heavy atom. The SMILES string of the molecule is COc1ccc([C@H]2CCCn3nc(/C=C/c4ccc(-n5cnc(C)c5)c(OC)n4)nc32)cc1. The first-order valence-corrected chi connectivity index (χ1v) is 11.0. The second kappa shape index (κ2) is 8.90. The summed E-state index contributed by atoms with van der Waals surface area (Å²) in [7, 11) is 3.30. The number of hydrogen-bond donors (Lipinski definition) is 0. The zero-order valence-corrected chi connectivity index (χ0v) is 19.0. The van der Waals surface area contributed by atoms with Crippen molar-refractivity contribution >= 4 is 12.2 Å². The third kappa shape index (κ3) is 4.24. The molecule has 0 saturated heterocycles. The van der Waals surface area contributed by atoms with Gasteiger partial charge in [0, 0.05) is 18.7 Å². The minimum atomic E-state index is 0.232. The van der Waals surface area contributed by atoms with Crippen LogP contribution >= 0.6 is 0 Å². The van der Waals surface area contributed by atoms with Gasteiger partial charge in [0.15, 0.2) is 5.82 Å². The van der Waals surface area contributed by atoms with Gasteiger partial charge in [0.05, 0.1) is 31.9 Å². The molecule has 0 amide bonds. The number of aromatic nitrogens is 6. The number of aryl methyl sites for hydroxylation is 2. The lowest BCUT2D eigenvalue weighted by molar-refractivity contribution is 0.395. The van der Waals surface area contributed by atoms with E-state index in [1.54, 1.807) is 20.5 Å². The van der Waals surface area contributed by atoms with Gasteiger partial charge in [-0.15, -0.1) is 0 Å². The molecule has 0 N–H and O–H groups in total. The van der Waals surface area contributed by atoms with Crippen LogP contribution in [-0.4, -0.2) is 43.5 Å². The van der Waals surface area contributed by atoms with Crippen LogP contribution in [0.15, 0.2) is 48.9 Å². The second-order valence-corrected chi connectivity index (χ2v) is 8.04. The topological polar surface area (TPSA) is 79.9 Å². The predicted molar refractivity (Wildman–Crippen MR) is 126 cm³/mol. The van der Waals surface area contributed by atoms with E-state index in [1.165, 1.54) is 5.56 Å². The Morgan fingerprint density at radius 3 is 2.58 bits per heavy atom. The molecule has 0 bridgehead atoms. The van der Waals surface area contributed by atoms with Gasteiger partial charge in [-0.1, -0.05) is 12.1 Å². The lowest BCUT2D eigenvalue weighted by Crippen LogP contribution is -2.17. The summed E-state index contributed by atoms with van der Waals surface area (Å²) >= 11 is 0. The number of ether oxygens (including phenoxy) is 2.